The highest BCUT2D eigenvalue weighted by molar-refractivity contribution is 5.77. The van der Waals surface area contributed by atoms with Gasteiger partial charge in [-0.3, -0.25) is 4.79 Å². The summed E-state index contributed by atoms with van der Waals surface area (Å²) in [5, 5.41) is 3.95. The van der Waals surface area contributed by atoms with E-state index in [1.807, 2.05) is 11.8 Å². The lowest BCUT2D eigenvalue weighted by Crippen LogP contribution is -2.37. The predicted octanol–water partition coefficient (Wildman–Crippen LogP) is 2.30. The van der Waals surface area contributed by atoms with Crippen molar-refractivity contribution in [3.8, 4) is 0 Å². The number of aryl methyl sites for hydroxylation is 1. The minimum atomic E-state index is 0.0364. The molecule has 1 aliphatic heterocycles. The van der Waals surface area contributed by atoms with Crippen molar-refractivity contribution in [2.24, 2.45) is 5.41 Å². The van der Waals surface area contributed by atoms with E-state index in [1.54, 1.807) is 0 Å². The molecule has 4 heteroatoms. The Bertz CT molecular complexity index is 429. The average Bonchev–Trinajstić information content (AvgIpc) is 2.57. The van der Waals surface area contributed by atoms with Crippen LogP contribution in [0.2, 0.25) is 0 Å². The van der Waals surface area contributed by atoms with Gasteiger partial charge in [0.05, 0.1) is 12.2 Å². The molecular weight excluding hydrogens is 216 g/mol. The van der Waals surface area contributed by atoms with Gasteiger partial charge in [-0.2, -0.15) is 0 Å². The highest BCUT2D eigenvalue weighted by Crippen LogP contribution is 2.25. The van der Waals surface area contributed by atoms with Crippen LogP contribution in [0.5, 0.6) is 0 Å². The number of hydrogen-bond acceptors (Lipinski definition) is 3. The maximum absolute atomic E-state index is 12.1. The fourth-order valence-corrected chi connectivity index (χ4v) is 2.16. The first-order valence-corrected chi connectivity index (χ1v) is 6.08. The number of rotatable bonds is 1. The van der Waals surface area contributed by atoms with E-state index in [0.717, 1.165) is 24.4 Å². The van der Waals surface area contributed by atoms with Gasteiger partial charge < -0.3 is 9.42 Å². The molecule has 17 heavy (non-hydrogen) atoms. The van der Waals surface area contributed by atoms with Gasteiger partial charge in [-0.25, -0.2) is 0 Å². The van der Waals surface area contributed by atoms with E-state index in [-0.39, 0.29) is 11.3 Å². The summed E-state index contributed by atoms with van der Waals surface area (Å²) in [5.41, 5.74) is 2.18. The van der Waals surface area contributed by atoms with Gasteiger partial charge in [0.15, 0.2) is 5.76 Å². The Morgan fingerprint density at radius 1 is 1.47 bits per heavy atom. The van der Waals surface area contributed by atoms with Crippen LogP contribution in [0, 0.1) is 12.3 Å². The molecule has 2 rings (SSSR count). The molecule has 1 aliphatic rings. The molecule has 0 unspecified atom stereocenters. The second-order valence-electron chi connectivity index (χ2n) is 5.97. The van der Waals surface area contributed by atoms with Gasteiger partial charge in [-0.15, -0.1) is 0 Å². The number of aromatic nitrogens is 1. The topological polar surface area (TPSA) is 46.3 Å². The van der Waals surface area contributed by atoms with Crippen LogP contribution in [0.1, 0.15) is 44.2 Å². The minimum Gasteiger partial charge on any atom is -0.359 e. The van der Waals surface area contributed by atoms with Crippen molar-refractivity contribution in [3.05, 3.63) is 17.0 Å². The van der Waals surface area contributed by atoms with Crippen LogP contribution in [0.25, 0.3) is 0 Å². The molecule has 0 N–H and O–H groups in total. The van der Waals surface area contributed by atoms with Crippen molar-refractivity contribution in [2.75, 3.05) is 6.54 Å². The Labute approximate surface area is 102 Å². The lowest BCUT2D eigenvalue weighted by atomic mass is 9.91. The van der Waals surface area contributed by atoms with Crippen LogP contribution in [-0.4, -0.2) is 22.5 Å². The van der Waals surface area contributed by atoms with Gasteiger partial charge in [0.1, 0.15) is 0 Å². The van der Waals surface area contributed by atoms with E-state index in [1.165, 1.54) is 5.56 Å². The van der Waals surface area contributed by atoms with Crippen molar-refractivity contribution in [3.63, 3.8) is 0 Å². The highest BCUT2D eigenvalue weighted by atomic mass is 16.5. The lowest BCUT2D eigenvalue weighted by Gasteiger charge is -2.28. The van der Waals surface area contributed by atoms with Crippen LogP contribution >= 0.6 is 0 Å². The summed E-state index contributed by atoms with van der Waals surface area (Å²) in [6, 6.07) is 0. The van der Waals surface area contributed by atoms with Crippen molar-refractivity contribution in [1.82, 2.24) is 10.1 Å². The Kier molecular flexibility index (Phi) is 2.98. The van der Waals surface area contributed by atoms with Gasteiger partial charge in [-0.1, -0.05) is 25.9 Å². The first kappa shape index (κ1) is 12.1. The van der Waals surface area contributed by atoms with E-state index in [4.69, 9.17) is 4.52 Å². The summed E-state index contributed by atoms with van der Waals surface area (Å²) in [5.74, 6) is 1.06. The molecule has 94 valence electrons. The van der Waals surface area contributed by atoms with Crippen LogP contribution in [0.3, 0.4) is 0 Å². The van der Waals surface area contributed by atoms with Crippen molar-refractivity contribution >= 4 is 5.91 Å². The number of amides is 1. The van der Waals surface area contributed by atoms with Gasteiger partial charge >= 0.3 is 0 Å². The third-order valence-corrected chi connectivity index (χ3v) is 3.07. The van der Waals surface area contributed by atoms with Crippen molar-refractivity contribution in [2.45, 2.75) is 47.1 Å². The normalized spacial score (nSPS) is 15.9. The standard InChI is InChI=1S/C13H20N2O2/c1-9-10-5-6-15(8-11(10)17-14-9)12(16)7-13(2,3)4/h5-8H2,1-4H3. The Hall–Kier alpha value is -1.32. The molecule has 0 radical (unpaired) electrons. The monoisotopic (exact) mass is 236 g/mol. The molecule has 0 aromatic carbocycles. The third kappa shape index (κ3) is 2.68. The highest BCUT2D eigenvalue weighted by Gasteiger charge is 2.27. The molecule has 0 spiro atoms. The third-order valence-electron chi connectivity index (χ3n) is 3.07. The molecule has 1 aromatic rings. The second kappa shape index (κ2) is 4.17. The number of carbonyl (C=O) groups is 1. The van der Waals surface area contributed by atoms with E-state index in [0.29, 0.717) is 13.0 Å². The van der Waals surface area contributed by atoms with E-state index in [2.05, 4.69) is 25.9 Å². The van der Waals surface area contributed by atoms with Gasteiger partial charge in [0.2, 0.25) is 5.91 Å². The summed E-state index contributed by atoms with van der Waals surface area (Å²) < 4.78 is 5.25. The first-order valence-electron chi connectivity index (χ1n) is 6.08. The minimum absolute atomic E-state index is 0.0364. The molecule has 1 aromatic heterocycles. The summed E-state index contributed by atoms with van der Waals surface area (Å²) in [6.07, 6.45) is 1.44. The lowest BCUT2D eigenvalue weighted by molar-refractivity contribution is -0.134. The van der Waals surface area contributed by atoms with E-state index in [9.17, 15) is 4.79 Å². The molecule has 1 amide bonds. The zero-order valence-corrected chi connectivity index (χ0v) is 11.0. The average molecular weight is 236 g/mol. The van der Waals surface area contributed by atoms with Gasteiger partial charge in [-0.05, 0) is 18.8 Å². The molecule has 0 bridgehead atoms. The molecule has 0 fully saturated rings. The molecule has 0 saturated carbocycles. The van der Waals surface area contributed by atoms with Crippen LogP contribution in [0.4, 0.5) is 0 Å². The predicted molar refractivity (Wildman–Crippen MR) is 64.4 cm³/mol. The van der Waals surface area contributed by atoms with E-state index >= 15 is 0 Å². The summed E-state index contributed by atoms with van der Waals surface area (Å²) in [4.78, 5) is 14.0. The van der Waals surface area contributed by atoms with Crippen LogP contribution < -0.4 is 0 Å². The van der Waals surface area contributed by atoms with Gasteiger partial charge in [0, 0.05) is 18.5 Å². The molecule has 0 aliphatic carbocycles. The van der Waals surface area contributed by atoms with Crippen molar-refractivity contribution in [1.29, 1.82) is 0 Å². The second-order valence-corrected chi connectivity index (χ2v) is 5.97. The quantitative estimate of drug-likeness (QED) is 0.751. The molecule has 0 atom stereocenters. The fourth-order valence-electron chi connectivity index (χ4n) is 2.16. The van der Waals surface area contributed by atoms with Crippen LogP contribution in [-0.2, 0) is 17.8 Å². The SMILES string of the molecule is Cc1noc2c1CCN(C(=O)CC(C)(C)C)C2. The molecule has 0 saturated heterocycles. The summed E-state index contributed by atoms with van der Waals surface area (Å²) >= 11 is 0. The van der Waals surface area contributed by atoms with Crippen LogP contribution in [0.15, 0.2) is 4.52 Å². The molecular formula is C13H20N2O2. The van der Waals surface area contributed by atoms with E-state index < -0.39 is 0 Å². The van der Waals surface area contributed by atoms with Gasteiger partial charge in [0.25, 0.3) is 0 Å². The summed E-state index contributed by atoms with van der Waals surface area (Å²) in [6.45, 7) is 9.56. The fraction of sp³-hybridized carbons (Fsp3) is 0.692. The number of fused-ring (bicyclic) bond motifs is 1. The zero-order valence-electron chi connectivity index (χ0n) is 11.0. The maximum Gasteiger partial charge on any atom is 0.223 e. The smallest absolute Gasteiger partial charge is 0.223 e. The Balaban J connectivity index is 2.05. The number of carbonyl (C=O) groups excluding carboxylic acids is 1. The molecule has 2 heterocycles. The Morgan fingerprint density at radius 2 is 2.18 bits per heavy atom. The number of nitrogens with zero attached hydrogens (tertiary/aromatic N) is 2. The zero-order chi connectivity index (χ0) is 12.6. The summed E-state index contributed by atoms with van der Waals surface area (Å²) in [7, 11) is 0. The maximum atomic E-state index is 12.1. The Morgan fingerprint density at radius 3 is 2.82 bits per heavy atom. The largest absolute Gasteiger partial charge is 0.359 e. The number of hydrogen-bond donors (Lipinski definition) is 0. The molecule has 4 nitrogen and oxygen atoms in total. The van der Waals surface area contributed by atoms with Crippen molar-refractivity contribution < 1.29 is 9.32 Å². The first-order chi connectivity index (χ1) is 7.87.